The van der Waals surface area contributed by atoms with Crippen molar-refractivity contribution >= 4 is 22.3 Å². The van der Waals surface area contributed by atoms with Crippen molar-refractivity contribution in [2.24, 2.45) is 23.7 Å². The van der Waals surface area contributed by atoms with E-state index < -0.39 is 0 Å². The zero-order chi connectivity index (χ0) is 41.7. The van der Waals surface area contributed by atoms with E-state index in [1.807, 2.05) is 0 Å². The summed E-state index contributed by atoms with van der Waals surface area (Å²) in [5, 5.41) is 0. The maximum absolute atomic E-state index is 2.69. The zero-order valence-corrected chi connectivity index (χ0v) is 37.3. The van der Waals surface area contributed by atoms with Crippen LogP contribution in [-0.2, 0) is 16.4 Å². The summed E-state index contributed by atoms with van der Waals surface area (Å²) in [5.74, 6) is 1.31. The van der Waals surface area contributed by atoms with Crippen molar-refractivity contribution in [1.29, 1.82) is 0 Å². The number of hydrogen-bond donors (Lipinski definition) is 0. The van der Waals surface area contributed by atoms with Gasteiger partial charge in [0.25, 0.3) is 0 Å². The molecule has 0 saturated heterocycles. The number of nitrogens with zero attached hydrogens (tertiary/aromatic N) is 1. The maximum atomic E-state index is 2.69. The molecule has 0 amide bonds. The van der Waals surface area contributed by atoms with Gasteiger partial charge in [0, 0.05) is 54.2 Å². The first-order valence-electron chi connectivity index (χ1n) is 23.2. The van der Waals surface area contributed by atoms with Gasteiger partial charge in [0.15, 0.2) is 11.7 Å². The predicted octanol–water partition coefficient (Wildman–Crippen LogP) is 14.4. The molecule has 7 aliphatic carbocycles. The summed E-state index contributed by atoms with van der Waals surface area (Å²) >= 11 is 0. The lowest BCUT2D eigenvalue weighted by Crippen LogP contribution is -2.52. The smallest absolute Gasteiger partial charge is 0.189 e. The second-order valence-electron chi connectivity index (χ2n) is 20.9. The molecule has 0 N–H and O–H groups in total. The van der Waals surface area contributed by atoms with Crippen LogP contribution in [0, 0.1) is 23.7 Å². The Bertz CT molecular complexity index is 2970. The molecule has 0 radical (unpaired) electrons. The summed E-state index contributed by atoms with van der Waals surface area (Å²) in [6.07, 6.45) is 26.5. The quantitative estimate of drug-likeness (QED) is 0.182. The van der Waals surface area contributed by atoms with Crippen LogP contribution in [0.25, 0.3) is 33.4 Å². The average Bonchev–Trinajstić information content (AvgIpc) is 3.75. The van der Waals surface area contributed by atoms with Crippen LogP contribution in [0.15, 0.2) is 167 Å². The van der Waals surface area contributed by atoms with Gasteiger partial charge in [-0.05, 0) is 145 Å². The van der Waals surface area contributed by atoms with E-state index in [-0.39, 0.29) is 22.3 Å². The summed E-state index contributed by atoms with van der Waals surface area (Å²) in [7, 11) is 0. The molecular weight excluding hydrogens is 735 g/mol. The Balaban J connectivity index is 1.08. The van der Waals surface area contributed by atoms with Gasteiger partial charge in [-0.1, -0.05) is 139 Å². The Hall–Kier alpha value is -5.53. The molecule has 302 valence electrons. The molecule has 1 aromatic heterocycles. The maximum Gasteiger partial charge on any atom is 0.213 e. The van der Waals surface area contributed by atoms with Gasteiger partial charge in [-0.2, -0.15) is 4.57 Å². The molecule has 3 aromatic carbocycles. The van der Waals surface area contributed by atoms with Crippen molar-refractivity contribution < 1.29 is 4.57 Å². The number of pyridine rings is 1. The van der Waals surface area contributed by atoms with Crippen molar-refractivity contribution in [1.82, 2.24) is 0 Å². The molecule has 2 heterocycles. The van der Waals surface area contributed by atoms with Gasteiger partial charge in [-0.25, -0.2) is 0 Å². The molecule has 0 spiro atoms. The lowest BCUT2D eigenvalue weighted by atomic mass is 9.60. The third-order valence-corrected chi connectivity index (χ3v) is 16.7. The Labute approximate surface area is 363 Å². The van der Waals surface area contributed by atoms with Crippen LogP contribution >= 0.6 is 0 Å². The fourth-order valence-corrected chi connectivity index (χ4v) is 13.7. The summed E-state index contributed by atoms with van der Waals surface area (Å²) in [4.78, 5) is 0. The van der Waals surface area contributed by atoms with Crippen LogP contribution in [0.3, 0.4) is 0 Å². The van der Waals surface area contributed by atoms with E-state index in [1.54, 1.807) is 27.9 Å². The van der Waals surface area contributed by atoms with Crippen LogP contribution < -0.4 is 4.57 Å². The largest absolute Gasteiger partial charge is 0.213 e. The molecule has 1 heteroatoms. The van der Waals surface area contributed by atoms with Crippen molar-refractivity contribution in [3.05, 3.63) is 206 Å². The number of aromatic nitrogens is 1. The molecule has 1 nitrogen and oxygen atoms in total. The lowest BCUT2D eigenvalue weighted by molar-refractivity contribution is -0.745. The van der Waals surface area contributed by atoms with Crippen molar-refractivity contribution in [2.45, 2.75) is 97.4 Å². The predicted molar refractivity (Wildman–Crippen MR) is 254 cm³/mol. The number of rotatable bonds is 3. The summed E-state index contributed by atoms with van der Waals surface area (Å²) in [5.41, 5.74) is 27.9. The van der Waals surface area contributed by atoms with Gasteiger partial charge in [0.05, 0.1) is 5.57 Å². The highest BCUT2D eigenvalue weighted by Gasteiger charge is 2.51. The van der Waals surface area contributed by atoms with E-state index in [0.717, 1.165) is 25.7 Å². The Morgan fingerprint density at radius 2 is 1.41 bits per heavy atom. The molecule has 4 atom stereocenters. The molecule has 0 saturated carbocycles. The first kappa shape index (κ1) is 37.2. The summed E-state index contributed by atoms with van der Waals surface area (Å²) in [6, 6.07) is 30.8. The highest BCUT2D eigenvalue weighted by Crippen LogP contribution is 2.59. The van der Waals surface area contributed by atoms with E-state index in [0.29, 0.717) is 17.8 Å². The summed E-state index contributed by atoms with van der Waals surface area (Å²) < 4.78 is 2.51. The highest BCUT2D eigenvalue weighted by molar-refractivity contribution is 5.91. The van der Waals surface area contributed by atoms with E-state index in [2.05, 4.69) is 194 Å². The number of allylic oxidation sites excluding steroid dienone is 18. The fourth-order valence-electron chi connectivity index (χ4n) is 13.7. The minimum absolute atomic E-state index is 0.00839. The first-order chi connectivity index (χ1) is 29.4. The van der Waals surface area contributed by atoms with E-state index in [4.69, 9.17) is 0 Å². The molecule has 0 bridgehead atoms. The highest BCUT2D eigenvalue weighted by atomic mass is 15.1. The zero-order valence-electron chi connectivity index (χ0n) is 37.3. The minimum atomic E-state index is -0.102. The molecule has 4 aromatic rings. The van der Waals surface area contributed by atoms with Crippen LogP contribution in [0.5, 0.6) is 0 Å². The molecule has 4 unspecified atom stereocenters. The second kappa shape index (κ2) is 12.8. The third-order valence-electron chi connectivity index (χ3n) is 16.7. The number of fused-ring (bicyclic) bond motifs is 9. The number of benzene rings is 3. The van der Waals surface area contributed by atoms with Gasteiger partial charge in [-0.15, -0.1) is 0 Å². The van der Waals surface area contributed by atoms with Gasteiger partial charge in [0.1, 0.15) is 0 Å². The van der Waals surface area contributed by atoms with E-state index >= 15 is 0 Å². The molecule has 12 rings (SSSR count). The van der Waals surface area contributed by atoms with Crippen LogP contribution in [0.4, 0.5) is 0 Å². The number of hydrogen-bond acceptors (Lipinski definition) is 0. The van der Waals surface area contributed by atoms with Gasteiger partial charge in [0.2, 0.25) is 5.69 Å². The normalized spacial score (nSPS) is 26.6. The monoisotopic (exact) mass is 792 g/mol. The van der Waals surface area contributed by atoms with Crippen molar-refractivity contribution in [3.63, 3.8) is 0 Å². The topological polar surface area (TPSA) is 3.88 Å². The van der Waals surface area contributed by atoms with E-state index in [9.17, 15) is 0 Å². The second-order valence-corrected chi connectivity index (χ2v) is 20.9. The van der Waals surface area contributed by atoms with Crippen molar-refractivity contribution in [3.8, 4) is 11.1 Å². The minimum Gasteiger partial charge on any atom is -0.189 e. The van der Waals surface area contributed by atoms with Gasteiger partial charge in [-0.3, -0.25) is 0 Å². The van der Waals surface area contributed by atoms with Crippen molar-refractivity contribution in [2.75, 3.05) is 0 Å². The standard InChI is InChI=1S/C60H58N/c1-35-31-48-49(34-47(35)37-24-26-42-40-17-11-13-21-50(40)58(3,4)52(42)32-37)56(39-28-29-46-54-23-15-16-30-61(54)60(7,8)57(46)36(39)2)45-20-10-9-19-44(45)55(48)38-25-27-43-41-18-12-14-22-51(41)59(5,6)53(43)33-38/h9-10,12-16,18,20-30,32-36,39,44H,11,17,19,31H2,1-8H3/q+1. The Morgan fingerprint density at radius 3 is 2.28 bits per heavy atom. The SMILES string of the molecule is CC1CC2=C(c3ccc4c(c3)C(C)(C)c3ccccc3-4)C3CC=CC=C3C(C3C=CC4=C(C3C)C(C)(C)[n+]3ccccc34)=C2C=C1c1ccc2c(c1)C(C)(C)C1=C2CCC=C1. The molecule has 8 aliphatic rings. The van der Waals surface area contributed by atoms with Crippen LogP contribution in [0.2, 0.25) is 0 Å². The Kier molecular flexibility index (Phi) is 7.79. The molecular formula is C60H58N+. The first-order valence-corrected chi connectivity index (χ1v) is 23.2. The molecule has 61 heavy (non-hydrogen) atoms. The average molecular weight is 793 g/mol. The van der Waals surface area contributed by atoms with Crippen LogP contribution in [0.1, 0.15) is 120 Å². The lowest BCUT2D eigenvalue weighted by Gasteiger charge is -2.43. The van der Waals surface area contributed by atoms with E-state index in [1.165, 1.54) is 78.1 Å². The van der Waals surface area contributed by atoms with Gasteiger partial charge < -0.3 is 0 Å². The molecule has 0 fully saturated rings. The molecule has 1 aliphatic heterocycles. The third kappa shape index (κ3) is 4.98. The van der Waals surface area contributed by atoms with Gasteiger partial charge >= 0.3 is 0 Å². The van der Waals surface area contributed by atoms with Crippen LogP contribution in [-0.4, -0.2) is 0 Å². The summed E-state index contributed by atoms with van der Waals surface area (Å²) in [6.45, 7) is 19.6. The Morgan fingerprint density at radius 1 is 0.656 bits per heavy atom. The fraction of sp³-hybridized carbons (Fsp3) is 0.317.